The maximum absolute atomic E-state index is 12.3. The van der Waals surface area contributed by atoms with E-state index >= 15 is 0 Å². The van der Waals surface area contributed by atoms with Crippen LogP contribution in [0, 0.1) is 6.92 Å². The summed E-state index contributed by atoms with van der Waals surface area (Å²) in [6.45, 7) is 7.47. The number of rotatable bonds is 8. The first-order chi connectivity index (χ1) is 16.0. The fourth-order valence-electron chi connectivity index (χ4n) is 2.60. The number of carbonyl (C=O) groups is 3. The second kappa shape index (κ2) is 12.3. The van der Waals surface area contributed by atoms with E-state index in [0.29, 0.717) is 0 Å². The first-order valence-electron chi connectivity index (χ1n) is 10.5. The minimum atomic E-state index is -4.07. The van der Waals surface area contributed by atoms with Crippen molar-refractivity contribution in [1.29, 1.82) is 0 Å². The maximum atomic E-state index is 12.3. The molecular formula is C22H28N4O6S2. The summed E-state index contributed by atoms with van der Waals surface area (Å²) in [5, 5.41) is 2.36. The average Bonchev–Trinajstić information content (AvgIpc) is 2.77. The highest BCUT2D eigenvalue weighted by Crippen LogP contribution is 2.16. The number of aryl methyl sites for hydroxylation is 1. The second-order valence-corrected chi connectivity index (χ2v) is 10.2. The smallest absolute Gasteiger partial charge is 0.334 e. The highest BCUT2D eigenvalue weighted by Gasteiger charge is 2.20. The molecule has 12 heteroatoms. The number of carbonyl (C=O) groups excluding carboxylic acids is 3. The Morgan fingerprint density at radius 2 is 1.76 bits per heavy atom. The Labute approximate surface area is 203 Å². The third-order valence-corrected chi connectivity index (χ3v) is 7.05. The van der Waals surface area contributed by atoms with Gasteiger partial charge in [0.1, 0.15) is 0 Å². The number of amides is 4. The summed E-state index contributed by atoms with van der Waals surface area (Å²) in [4.78, 5) is 41.7. The average molecular weight is 509 g/mol. The molecule has 0 aliphatic carbocycles. The van der Waals surface area contributed by atoms with Crippen LogP contribution in [0.2, 0.25) is 0 Å². The number of benzene rings is 2. The number of hydrogen-bond acceptors (Lipinski definition) is 7. The molecule has 10 nitrogen and oxygen atoms in total. The minimum Gasteiger partial charge on any atom is -0.334 e. The molecule has 0 saturated carbocycles. The zero-order chi connectivity index (χ0) is 25.3. The molecule has 0 saturated heterocycles. The van der Waals surface area contributed by atoms with E-state index in [0.717, 1.165) is 17.7 Å². The highest BCUT2D eigenvalue weighted by atomic mass is 32.2. The van der Waals surface area contributed by atoms with Crippen LogP contribution in [0.3, 0.4) is 0 Å². The molecule has 0 aliphatic heterocycles. The number of anilines is 1. The molecule has 34 heavy (non-hydrogen) atoms. The summed E-state index contributed by atoms with van der Waals surface area (Å²) in [5.74, 6) is -0.122. The topological polar surface area (TPSA) is 134 Å². The van der Waals surface area contributed by atoms with E-state index in [1.807, 2.05) is 32.4 Å². The second-order valence-electron chi connectivity index (χ2n) is 7.50. The van der Waals surface area contributed by atoms with Gasteiger partial charge in [-0.3, -0.25) is 4.31 Å². The van der Waals surface area contributed by atoms with Crippen LogP contribution >= 0.6 is 11.9 Å². The van der Waals surface area contributed by atoms with Crippen molar-refractivity contribution in [3.05, 3.63) is 59.7 Å². The monoisotopic (exact) mass is 508 g/mol. The zero-order valence-corrected chi connectivity index (χ0v) is 21.0. The molecule has 184 valence electrons. The number of sulfonamides is 1. The first-order valence-corrected chi connectivity index (χ1v) is 12.9. The first kappa shape index (κ1) is 27.0. The Hall–Kier alpha value is -3.25. The van der Waals surface area contributed by atoms with Gasteiger partial charge in [-0.25, -0.2) is 27.5 Å². The maximum Gasteiger partial charge on any atom is 0.363 e. The van der Waals surface area contributed by atoms with Crippen molar-refractivity contribution in [2.24, 2.45) is 0 Å². The van der Waals surface area contributed by atoms with Crippen LogP contribution in [0.4, 0.5) is 15.3 Å². The quantitative estimate of drug-likeness (QED) is 0.362. The van der Waals surface area contributed by atoms with Crippen molar-refractivity contribution in [2.75, 3.05) is 11.1 Å². The van der Waals surface area contributed by atoms with Gasteiger partial charge in [0.25, 0.3) is 10.0 Å². The molecule has 0 heterocycles. The summed E-state index contributed by atoms with van der Waals surface area (Å²) < 4.78 is 28.1. The van der Waals surface area contributed by atoms with Gasteiger partial charge in [-0.2, -0.15) is 5.48 Å². The van der Waals surface area contributed by atoms with Crippen LogP contribution < -0.4 is 15.5 Å². The van der Waals surface area contributed by atoms with Gasteiger partial charge in [-0.15, -0.1) is 0 Å². The number of nitrogens with zero attached hydrogens (tertiary/aromatic N) is 1. The van der Waals surface area contributed by atoms with E-state index in [9.17, 15) is 22.8 Å². The van der Waals surface area contributed by atoms with E-state index in [1.54, 1.807) is 12.1 Å². The lowest BCUT2D eigenvalue weighted by molar-refractivity contribution is 0.0304. The third kappa shape index (κ3) is 7.96. The van der Waals surface area contributed by atoms with Gasteiger partial charge in [0.15, 0.2) is 0 Å². The van der Waals surface area contributed by atoms with Gasteiger partial charge in [-0.05, 0) is 69.5 Å². The summed E-state index contributed by atoms with van der Waals surface area (Å²) >= 11 is 1.32. The molecule has 2 aromatic carbocycles. The minimum absolute atomic E-state index is 0.0387. The molecule has 2 rings (SSSR count). The molecule has 0 atom stereocenters. The van der Waals surface area contributed by atoms with Crippen LogP contribution in [0.15, 0.2) is 53.4 Å². The lowest BCUT2D eigenvalue weighted by atomic mass is 10.2. The Morgan fingerprint density at radius 1 is 1.09 bits per heavy atom. The van der Waals surface area contributed by atoms with Crippen molar-refractivity contribution in [2.45, 2.75) is 45.1 Å². The number of urea groups is 2. The van der Waals surface area contributed by atoms with E-state index in [4.69, 9.17) is 4.84 Å². The zero-order valence-electron chi connectivity index (χ0n) is 19.3. The predicted octanol–water partition coefficient (Wildman–Crippen LogP) is 4.06. The highest BCUT2D eigenvalue weighted by molar-refractivity contribution is 7.97. The number of nitrogens with one attached hydrogen (secondary N) is 3. The molecule has 0 aliphatic rings. The lowest BCUT2D eigenvalue weighted by Gasteiger charge is -2.24. The van der Waals surface area contributed by atoms with Gasteiger partial charge in [-0.1, -0.05) is 30.7 Å². The van der Waals surface area contributed by atoms with Crippen molar-refractivity contribution in [3.8, 4) is 0 Å². The van der Waals surface area contributed by atoms with Crippen molar-refractivity contribution < 1.29 is 27.6 Å². The molecule has 0 unspecified atom stereocenters. The number of hydroxylamine groups is 1. The van der Waals surface area contributed by atoms with Crippen LogP contribution in [0.1, 0.15) is 43.1 Å². The van der Waals surface area contributed by atoms with E-state index < -0.39 is 28.1 Å². The SMILES string of the molecule is CCCSN(C(=O)NOC(=O)c1cccc(NC(=O)NS(=O)(=O)c2ccc(C)cc2)c1)C(C)C. The van der Waals surface area contributed by atoms with Gasteiger partial charge < -0.3 is 10.2 Å². The fourth-order valence-corrected chi connectivity index (χ4v) is 4.34. The Kier molecular flexibility index (Phi) is 9.75. The fraction of sp³-hybridized carbons (Fsp3) is 0.318. The lowest BCUT2D eigenvalue weighted by Crippen LogP contribution is -2.40. The van der Waals surface area contributed by atoms with Crippen LogP contribution in [-0.2, 0) is 14.9 Å². The van der Waals surface area contributed by atoms with Crippen molar-refractivity contribution in [3.63, 3.8) is 0 Å². The Morgan fingerprint density at radius 3 is 2.38 bits per heavy atom. The largest absolute Gasteiger partial charge is 0.363 e. The van der Waals surface area contributed by atoms with Gasteiger partial charge in [0.05, 0.1) is 10.5 Å². The van der Waals surface area contributed by atoms with Gasteiger partial charge in [0.2, 0.25) is 0 Å². The molecule has 0 aromatic heterocycles. The summed E-state index contributed by atoms with van der Waals surface area (Å²) in [5.41, 5.74) is 3.19. The van der Waals surface area contributed by atoms with E-state index in [1.165, 1.54) is 52.7 Å². The molecule has 2 aromatic rings. The van der Waals surface area contributed by atoms with E-state index in [2.05, 4.69) is 10.8 Å². The molecule has 0 fully saturated rings. The summed E-state index contributed by atoms with van der Waals surface area (Å²) in [6, 6.07) is 9.97. The molecule has 0 bridgehead atoms. The third-order valence-electron chi connectivity index (χ3n) is 4.25. The van der Waals surface area contributed by atoms with Crippen molar-refractivity contribution >= 4 is 45.7 Å². The summed E-state index contributed by atoms with van der Waals surface area (Å²) in [6.07, 6.45) is 0.876. The number of hydrogen-bond donors (Lipinski definition) is 3. The molecule has 0 spiro atoms. The molecule has 0 radical (unpaired) electrons. The standard InChI is InChI=1S/C22H28N4O6S2/c1-5-13-33-26(15(2)3)22(29)24-32-20(27)17-7-6-8-18(14-17)23-21(28)25-34(30,31)19-11-9-16(4)10-12-19/h6-12,14-15H,5,13H2,1-4H3,(H,24,29)(H2,23,25,28). The molecule has 4 amide bonds. The molecule has 3 N–H and O–H groups in total. The normalized spacial score (nSPS) is 11.0. The van der Waals surface area contributed by atoms with Gasteiger partial charge >= 0.3 is 18.0 Å². The van der Waals surface area contributed by atoms with Crippen molar-refractivity contribution in [1.82, 2.24) is 14.5 Å². The van der Waals surface area contributed by atoms with Crippen LogP contribution in [-0.4, -0.2) is 42.5 Å². The Bertz CT molecular complexity index is 1120. The van der Waals surface area contributed by atoms with E-state index in [-0.39, 0.29) is 22.2 Å². The Balaban J connectivity index is 1.98. The molecular weight excluding hydrogens is 480 g/mol. The van der Waals surface area contributed by atoms with Gasteiger partial charge in [0, 0.05) is 17.5 Å². The predicted molar refractivity (Wildman–Crippen MR) is 131 cm³/mol. The van der Waals surface area contributed by atoms with Crippen LogP contribution in [0.25, 0.3) is 0 Å². The van der Waals surface area contributed by atoms with Crippen LogP contribution in [0.5, 0.6) is 0 Å². The summed E-state index contributed by atoms with van der Waals surface area (Å²) in [7, 11) is -4.07.